The molecular weight excluding hydrogens is 299 g/mol. The number of ether oxygens (including phenoxy) is 1. The molecule has 2 rings (SSSR count). The third kappa shape index (κ3) is 2.39. The van der Waals surface area contributed by atoms with Crippen molar-refractivity contribution in [2.24, 2.45) is 0 Å². The van der Waals surface area contributed by atoms with Crippen molar-refractivity contribution in [2.45, 2.75) is 0 Å². The Kier molecular flexibility index (Phi) is 3.95. The lowest BCUT2D eigenvalue weighted by atomic mass is 10.1. The molecule has 1 aromatic carbocycles. The number of rotatable bonds is 2. The van der Waals surface area contributed by atoms with Crippen molar-refractivity contribution in [1.82, 2.24) is 4.98 Å². The minimum Gasteiger partial charge on any atom is -0.481 e. The van der Waals surface area contributed by atoms with Gasteiger partial charge in [-0.2, -0.15) is 0 Å². The highest BCUT2D eigenvalue weighted by Crippen LogP contribution is 2.40. The highest BCUT2D eigenvalue weighted by Gasteiger charge is 2.15. The Hall–Kier alpha value is -1.03. The maximum absolute atomic E-state index is 13.3. The van der Waals surface area contributed by atoms with Crippen LogP contribution in [0.4, 0.5) is 4.39 Å². The summed E-state index contributed by atoms with van der Waals surface area (Å²) >= 11 is 17.9. The average molecular weight is 307 g/mol. The Balaban J connectivity index is 2.69. The minimum absolute atomic E-state index is 0.210. The maximum Gasteiger partial charge on any atom is 0.221 e. The quantitative estimate of drug-likeness (QED) is 0.739. The van der Waals surface area contributed by atoms with Crippen LogP contribution in [-0.2, 0) is 0 Å². The summed E-state index contributed by atoms with van der Waals surface area (Å²) in [5.74, 6) is -0.232. The Morgan fingerprint density at radius 2 is 1.83 bits per heavy atom. The second-order valence-corrected chi connectivity index (χ2v) is 4.60. The van der Waals surface area contributed by atoms with Crippen LogP contribution in [-0.4, -0.2) is 12.1 Å². The van der Waals surface area contributed by atoms with E-state index >= 15 is 0 Å². The van der Waals surface area contributed by atoms with Crippen LogP contribution in [0.1, 0.15) is 0 Å². The Morgan fingerprint density at radius 1 is 1.11 bits per heavy atom. The third-order valence-electron chi connectivity index (χ3n) is 2.34. The maximum atomic E-state index is 13.3. The van der Waals surface area contributed by atoms with E-state index in [0.29, 0.717) is 16.1 Å². The van der Waals surface area contributed by atoms with E-state index in [4.69, 9.17) is 39.5 Å². The van der Waals surface area contributed by atoms with E-state index in [-0.39, 0.29) is 15.9 Å². The lowest BCUT2D eigenvalue weighted by Gasteiger charge is -2.10. The zero-order chi connectivity index (χ0) is 13.3. The van der Waals surface area contributed by atoms with E-state index in [0.717, 1.165) is 6.20 Å². The van der Waals surface area contributed by atoms with Crippen molar-refractivity contribution in [3.8, 4) is 17.0 Å². The van der Waals surface area contributed by atoms with Crippen LogP contribution in [0.15, 0.2) is 24.4 Å². The smallest absolute Gasteiger partial charge is 0.221 e. The summed E-state index contributed by atoms with van der Waals surface area (Å²) in [6, 6.07) is 4.49. The fourth-order valence-corrected chi connectivity index (χ4v) is 2.15. The molecule has 0 saturated carbocycles. The summed E-state index contributed by atoms with van der Waals surface area (Å²) in [6.45, 7) is 0. The third-order valence-corrected chi connectivity index (χ3v) is 3.63. The molecule has 0 atom stereocenters. The highest BCUT2D eigenvalue weighted by molar-refractivity contribution is 6.49. The predicted molar refractivity (Wildman–Crippen MR) is 71.2 cm³/mol. The molecule has 0 N–H and O–H groups in total. The van der Waals surface area contributed by atoms with Gasteiger partial charge in [-0.1, -0.05) is 40.9 Å². The summed E-state index contributed by atoms with van der Waals surface area (Å²) in [5.41, 5.74) is 0.927. The molecule has 1 heterocycles. The molecule has 0 aliphatic carbocycles. The van der Waals surface area contributed by atoms with Crippen LogP contribution in [0.25, 0.3) is 11.1 Å². The van der Waals surface area contributed by atoms with E-state index in [1.54, 1.807) is 12.1 Å². The normalized spacial score (nSPS) is 10.5. The number of benzene rings is 1. The molecule has 0 aliphatic rings. The van der Waals surface area contributed by atoms with Gasteiger partial charge in [0.2, 0.25) is 5.88 Å². The van der Waals surface area contributed by atoms with Crippen LogP contribution in [0.3, 0.4) is 0 Å². The molecule has 18 heavy (non-hydrogen) atoms. The molecule has 0 amide bonds. The second kappa shape index (κ2) is 5.31. The summed E-state index contributed by atoms with van der Waals surface area (Å²) in [7, 11) is 1.44. The highest BCUT2D eigenvalue weighted by atomic mass is 35.5. The average Bonchev–Trinajstić information content (AvgIpc) is 2.36. The zero-order valence-corrected chi connectivity index (χ0v) is 11.4. The summed E-state index contributed by atoms with van der Waals surface area (Å²) in [4.78, 5) is 3.83. The Labute approximate surface area is 118 Å². The van der Waals surface area contributed by atoms with Gasteiger partial charge in [-0.3, -0.25) is 0 Å². The first-order valence-corrected chi connectivity index (χ1v) is 6.01. The number of hydrogen-bond donors (Lipinski definition) is 0. The van der Waals surface area contributed by atoms with E-state index in [2.05, 4.69) is 4.98 Å². The van der Waals surface area contributed by atoms with Crippen LogP contribution in [0, 0.1) is 5.82 Å². The molecule has 0 aliphatic heterocycles. The van der Waals surface area contributed by atoms with Crippen molar-refractivity contribution < 1.29 is 9.13 Å². The number of aromatic nitrogens is 1. The lowest BCUT2D eigenvalue weighted by molar-refractivity contribution is 0.397. The van der Waals surface area contributed by atoms with Gasteiger partial charge in [0.15, 0.2) is 0 Å². The van der Waals surface area contributed by atoms with Crippen molar-refractivity contribution in [3.05, 3.63) is 45.3 Å². The monoisotopic (exact) mass is 305 g/mol. The van der Waals surface area contributed by atoms with Gasteiger partial charge in [-0.25, -0.2) is 9.37 Å². The van der Waals surface area contributed by atoms with E-state index in [1.807, 2.05) is 0 Å². The van der Waals surface area contributed by atoms with E-state index in [9.17, 15) is 4.39 Å². The van der Waals surface area contributed by atoms with Crippen molar-refractivity contribution >= 4 is 34.8 Å². The van der Waals surface area contributed by atoms with Crippen molar-refractivity contribution in [3.63, 3.8) is 0 Å². The van der Waals surface area contributed by atoms with Crippen LogP contribution < -0.4 is 4.74 Å². The Bertz CT molecular complexity index is 604. The van der Waals surface area contributed by atoms with Gasteiger partial charge in [0.05, 0.1) is 28.4 Å². The molecule has 2 nitrogen and oxygen atoms in total. The van der Waals surface area contributed by atoms with Crippen molar-refractivity contribution in [1.29, 1.82) is 0 Å². The molecule has 0 radical (unpaired) electrons. The molecule has 0 fully saturated rings. The van der Waals surface area contributed by atoms with Gasteiger partial charge in [0, 0.05) is 11.1 Å². The topological polar surface area (TPSA) is 22.1 Å². The van der Waals surface area contributed by atoms with Gasteiger partial charge >= 0.3 is 0 Å². The van der Waals surface area contributed by atoms with Gasteiger partial charge in [-0.05, 0) is 12.1 Å². The Morgan fingerprint density at radius 3 is 2.50 bits per heavy atom. The molecule has 0 bridgehead atoms. The fraction of sp³-hybridized carbons (Fsp3) is 0.0833. The largest absolute Gasteiger partial charge is 0.481 e. The number of methoxy groups -OCH3 is 1. The van der Waals surface area contributed by atoms with Gasteiger partial charge < -0.3 is 4.74 Å². The molecule has 0 unspecified atom stereocenters. The number of hydrogen-bond acceptors (Lipinski definition) is 2. The first-order valence-electron chi connectivity index (χ1n) is 4.88. The SMILES string of the molecule is COc1ncc(F)cc1-c1ccc(Cl)c(Cl)c1Cl. The first kappa shape index (κ1) is 13.4. The summed E-state index contributed by atoms with van der Waals surface area (Å²) in [6.07, 6.45) is 1.06. The molecule has 0 saturated heterocycles. The molecule has 6 heteroatoms. The second-order valence-electron chi connectivity index (χ2n) is 3.43. The number of halogens is 4. The summed E-state index contributed by atoms with van der Waals surface area (Å²) < 4.78 is 18.3. The lowest BCUT2D eigenvalue weighted by Crippen LogP contribution is -1.93. The molecule has 94 valence electrons. The van der Waals surface area contributed by atoms with Gasteiger partial charge in [0.1, 0.15) is 5.82 Å². The van der Waals surface area contributed by atoms with Crippen LogP contribution in [0.2, 0.25) is 15.1 Å². The number of nitrogens with zero attached hydrogens (tertiary/aromatic N) is 1. The fourth-order valence-electron chi connectivity index (χ4n) is 1.52. The molecule has 1 aromatic heterocycles. The molecular formula is C12H7Cl3FNO. The predicted octanol–water partition coefficient (Wildman–Crippen LogP) is 4.86. The zero-order valence-electron chi connectivity index (χ0n) is 9.18. The molecule has 0 spiro atoms. The summed E-state index contributed by atoms with van der Waals surface area (Å²) in [5, 5.41) is 0.769. The van der Waals surface area contributed by atoms with Crippen molar-refractivity contribution in [2.75, 3.05) is 7.11 Å². The standard InChI is InChI=1S/C12H7Cl3FNO/c1-18-12-8(4-6(16)5-17-12)7-2-3-9(13)11(15)10(7)14/h2-5H,1H3. The van der Waals surface area contributed by atoms with Crippen LogP contribution >= 0.6 is 34.8 Å². The van der Waals surface area contributed by atoms with E-state index < -0.39 is 5.82 Å². The van der Waals surface area contributed by atoms with Crippen LogP contribution in [0.5, 0.6) is 5.88 Å². The first-order chi connectivity index (χ1) is 8.54. The van der Waals surface area contributed by atoms with E-state index in [1.165, 1.54) is 13.2 Å². The van der Waals surface area contributed by atoms with Gasteiger partial charge in [-0.15, -0.1) is 0 Å². The minimum atomic E-state index is -0.493. The number of pyridine rings is 1. The van der Waals surface area contributed by atoms with Gasteiger partial charge in [0.25, 0.3) is 0 Å². The molecule has 2 aromatic rings.